The van der Waals surface area contributed by atoms with Crippen LogP contribution in [-0.2, 0) is 6.54 Å². The van der Waals surface area contributed by atoms with Crippen molar-refractivity contribution in [1.82, 2.24) is 20.0 Å². The van der Waals surface area contributed by atoms with Crippen LogP contribution in [0.1, 0.15) is 28.4 Å². The van der Waals surface area contributed by atoms with Crippen LogP contribution >= 0.6 is 0 Å². The van der Waals surface area contributed by atoms with E-state index in [1.807, 2.05) is 36.1 Å². The number of H-pyrrole nitrogens is 1. The summed E-state index contributed by atoms with van der Waals surface area (Å²) in [5, 5.41) is 15.6. The Labute approximate surface area is 140 Å². The van der Waals surface area contributed by atoms with Crippen LogP contribution in [0.2, 0.25) is 0 Å². The zero-order valence-corrected chi connectivity index (χ0v) is 13.6. The second kappa shape index (κ2) is 6.72. The van der Waals surface area contributed by atoms with Gasteiger partial charge in [0, 0.05) is 32.2 Å². The van der Waals surface area contributed by atoms with E-state index in [4.69, 9.17) is 5.73 Å². The predicted molar refractivity (Wildman–Crippen MR) is 89.9 cm³/mol. The largest absolute Gasteiger partial charge is 0.383 e. The van der Waals surface area contributed by atoms with Gasteiger partial charge in [-0.25, -0.2) is 0 Å². The number of nitrogen functional groups attached to an aromatic ring is 1. The minimum absolute atomic E-state index is 0.0646. The molecule has 0 bridgehead atoms. The van der Waals surface area contributed by atoms with Gasteiger partial charge in [-0.1, -0.05) is 18.2 Å². The molecule has 1 saturated heterocycles. The van der Waals surface area contributed by atoms with Crippen molar-refractivity contribution in [2.45, 2.75) is 19.5 Å². The number of carbonyl (C=O) groups excluding carboxylic acids is 1. The summed E-state index contributed by atoms with van der Waals surface area (Å²) >= 11 is 0. The summed E-state index contributed by atoms with van der Waals surface area (Å²) < 4.78 is 0. The van der Waals surface area contributed by atoms with E-state index in [0.29, 0.717) is 30.0 Å². The Morgan fingerprint density at radius 3 is 2.92 bits per heavy atom. The second-order valence-corrected chi connectivity index (χ2v) is 6.05. The van der Waals surface area contributed by atoms with Gasteiger partial charge in [0.25, 0.3) is 5.91 Å². The maximum atomic E-state index is 12.6. The Hall–Kier alpha value is -2.85. The third-order valence-electron chi connectivity index (χ3n) is 4.40. The highest BCUT2D eigenvalue weighted by molar-refractivity contribution is 5.98. The van der Waals surface area contributed by atoms with Crippen molar-refractivity contribution in [2.75, 3.05) is 25.4 Å². The fourth-order valence-corrected chi connectivity index (χ4v) is 3.11. The lowest BCUT2D eigenvalue weighted by Gasteiger charge is -2.40. The topological polar surface area (TPSA) is 102 Å². The van der Waals surface area contributed by atoms with Crippen LogP contribution in [0.15, 0.2) is 30.5 Å². The fourth-order valence-electron chi connectivity index (χ4n) is 3.11. The summed E-state index contributed by atoms with van der Waals surface area (Å²) in [5.74, 6) is 0.211. The number of carbonyl (C=O) groups is 1. The monoisotopic (exact) mass is 324 g/mol. The summed E-state index contributed by atoms with van der Waals surface area (Å²) in [5.41, 5.74) is 7.89. The number of anilines is 1. The molecule has 3 rings (SSSR count). The first-order chi connectivity index (χ1) is 11.6. The van der Waals surface area contributed by atoms with Crippen LogP contribution in [0.5, 0.6) is 0 Å². The number of hydrogen-bond acceptors (Lipinski definition) is 5. The molecule has 0 spiro atoms. The van der Waals surface area contributed by atoms with Crippen LogP contribution in [0, 0.1) is 11.3 Å². The number of hydrogen-bond donors (Lipinski definition) is 2. The Balaban J connectivity index is 1.66. The van der Waals surface area contributed by atoms with E-state index in [2.05, 4.69) is 21.2 Å². The van der Waals surface area contributed by atoms with Crippen LogP contribution in [0.25, 0.3) is 0 Å². The zero-order chi connectivity index (χ0) is 17.1. The molecule has 1 aromatic carbocycles. The number of nitrogens with zero attached hydrogens (tertiary/aromatic N) is 4. The van der Waals surface area contributed by atoms with Gasteiger partial charge >= 0.3 is 0 Å². The smallest absolute Gasteiger partial charge is 0.259 e. The van der Waals surface area contributed by atoms with Gasteiger partial charge < -0.3 is 10.6 Å². The van der Waals surface area contributed by atoms with E-state index < -0.39 is 0 Å². The molecule has 1 atom stereocenters. The molecule has 7 nitrogen and oxygen atoms in total. The molecule has 2 heterocycles. The molecule has 1 aliphatic rings. The molecule has 0 aliphatic carbocycles. The molecule has 1 aromatic heterocycles. The first kappa shape index (κ1) is 16.0. The fraction of sp³-hybridized carbons (Fsp3) is 0.353. The minimum atomic E-state index is -0.0918. The summed E-state index contributed by atoms with van der Waals surface area (Å²) in [6.07, 6.45) is 1.47. The Morgan fingerprint density at radius 2 is 2.25 bits per heavy atom. The van der Waals surface area contributed by atoms with Crippen molar-refractivity contribution in [2.24, 2.45) is 0 Å². The minimum Gasteiger partial charge on any atom is -0.383 e. The number of nitrogens with two attached hydrogens (primary N) is 1. The Bertz CT molecular complexity index is 777. The number of benzene rings is 1. The summed E-state index contributed by atoms with van der Waals surface area (Å²) in [7, 11) is 0. The van der Waals surface area contributed by atoms with E-state index in [-0.39, 0.29) is 11.9 Å². The summed E-state index contributed by atoms with van der Waals surface area (Å²) in [4.78, 5) is 16.7. The normalized spacial score (nSPS) is 18.3. The highest BCUT2D eigenvalue weighted by Gasteiger charge is 2.29. The maximum absolute atomic E-state index is 12.6. The molecule has 0 radical (unpaired) electrons. The first-order valence-electron chi connectivity index (χ1n) is 7.90. The van der Waals surface area contributed by atoms with Crippen molar-refractivity contribution in [3.8, 4) is 6.07 Å². The van der Waals surface area contributed by atoms with Gasteiger partial charge in [0.15, 0.2) is 0 Å². The molecule has 2 aromatic rings. The SMILES string of the molecule is C[C@@H]1CN(Cc2ccccc2C#N)CCN1C(=O)c1cn[nH]c1N. The summed E-state index contributed by atoms with van der Waals surface area (Å²) in [6, 6.07) is 9.93. The maximum Gasteiger partial charge on any atom is 0.259 e. The molecular weight excluding hydrogens is 304 g/mol. The van der Waals surface area contributed by atoms with Crippen molar-refractivity contribution >= 4 is 11.7 Å². The van der Waals surface area contributed by atoms with Gasteiger partial charge in [-0.2, -0.15) is 10.4 Å². The average Bonchev–Trinajstić information content (AvgIpc) is 3.01. The zero-order valence-electron chi connectivity index (χ0n) is 13.6. The van der Waals surface area contributed by atoms with Gasteiger partial charge in [0.2, 0.25) is 0 Å². The van der Waals surface area contributed by atoms with Gasteiger partial charge in [-0.3, -0.25) is 14.8 Å². The molecule has 7 heteroatoms. The first-order valence-corrected chi connectivity index (χ1v) is 7.90. The number of aromatic nitrogens is 2. The van der Waals surface area contributed by atoms with Crippen LogP contribution in [-0.4, -0.2) is 51.6 Å². The number of piperazine rings is 1. The molecule has 3 N–H and O–H groups in total. The highest BCUT2D eigenvalue weighted by Crippen LogP contribution is 2.19. The van der Waals surface area contributed by atoms with E-state index in [0.717, 1.165) is 18.7 Å². The van der Waals surface area contributed by atoms with Crippen LogP contribution in [0.3, 0.4) is 0 Å². The molecule has 1 amide bonds. The van der Waals surface area contributed by atoms with E-state index in [9.17, 15) is 10.1 Å². The summed E-state index contributed by atoms with van der Waals surface area (Å²) in [6.45, 7) is 4.87. The van der Waals surface area contributed by atoms with Gasteiger partial charge in [0.05, 0.1) is 17.8 Å². The lowest BCUT2D eigenvalue weighted by atomic mass is 10.1. The number of nitriles is 1. The van der Waals surface area contributed by atoms with Crippen LogP contribution < -0.4 is 5.73 Å². The molecule has 1 aliphatic heterocycles. The number of aromatic amines is 1. The molecule has 0 unspecified atom stereocenters. The predicted octanol–water partition coefficient (Wildman–Crippen LogP) is 1.21. The van der Waals surface area contributed by atoms with E-state index >= 15 is 0 Å². The van der Waals surface area contributed by atoms with Crippen molar-refractivity contribution in [1.29, 1.82) is 5.26 Å². The van der Waals surface area contributed by atoms with Crippen LogP contribution in [0.4, 0.5) is 5.82 Å². The van der Waals surface area contributed by atoms with Crippen molar-refractivity contribution in [3.05, 3.63) is 47.2 Å². The molecular formula is C17H20N6O. The van der Waals surface area contributed by atoms with Crippen molar-refractivity contribution < 1.29 is 4.79 Å². The average molecular weight is 324 g/mol. The quantitative estimate of drug-likeness (QED) is 0.883. The lowest BCUT2D eigenvalue weighted by molar-refractivity contribution is 0.0476. The standard InChI is InChI=1S/C17H20N6O/c1-12-10-22(11-14-5-3-2-4-13(14)8-18)6-7-23(12)17(24)15-9-20-21-16(15)19/h2-5,9,12H,6-7,10-11H2,1H3,(H3,19,20,21)/t12-/m1/s1. The lowest BCUT2D eigenvalue weighted by Crippen LogP contribution is -2.53. The van der Waals surface area contributed by atoms with Crippen molar-refractivity contribution in [3.63, 3.8) is 0 Å². The Morgan fingerprint density at radius 1 is 1.46 bits per heavy atom. The van der Waals surface area contributed by atoms with Gasteiger partial charge in [-0.05, 0) is 18.6 Å². The number of amides is 1. The Kier molecular flexibility index (Phi) is 4.49. The van der Waals surface area contributed by atoms with Gasteiger partial charge in [-0.15, -0.1) is 0 Å². The second-order valence-electron chi connectivity index (χ2n) is 6.05. The molecule has 124 valence electrons. The van der Waals surface area contributed by atoms with E-state index in [1.54, 1.807) is 0 Å². The molecule has 0 saturated carbocycles. The number of rotatable bonds is 3. The molecule has 24 heavy (non-hydrogen) atoms. The number of nitrogens with one attached hydrogen (secondary N) is 1. The molecule has 1 fully saturated rings. The highest BCUT2D eigenvalue weighted by atomic mass is 16.2. The third-order valence-corrected chi connectivity index (χ3v) is 4.40. The third kappa shape index (κ3) is 3.09. The van der Waals surface area contributed by atoms with Gasteiger partial charge in [0.1, 0.15) is 11.4 Å². The van der Waals surface area contributed by atoms with E-state index in [1.165, 1.54) is 6.20 Å².